The molecule has 29 heavy (non-hydrogen) atoms. The molecule has 0 aliphatic heterocycles. The lowest BCUT2D eigenvalue weighted by molar-refractivity contribution is -0.111. The Labute approximate surface area is 177 Å². The van der Waals surface area contributed by atoms with Crippen molar-refractivity contribution in [2.24, 2.45) is 0 Å². The summed E-state index contributed by atoms with van der Waals surface area (Å²) < 4.78 is 5.88. The van der Waals surface area contributed by atoms with Gasteiger partial charge in [-0.3, -0.25) is 4.79 Å². The lowest BCUT2D eigenvalue weighted by Crippen LogP contribution is -2.10. The summed E-state index contributed by atoms with van der Waals surface area (Å²) in [5, 5.41) is 3.36. The number of nitrogens with one attached hydrogen (secondary N) is 1. The maximum Gasteiger partial charge on any atom is 0.248 e. The molecule has 0 bridgehead atoms. The van der Waals surface area contributed by atoms with Gasteiger partial charge in [-0.05, 0) is 52.9 Å². The highest BCUT2D eigenvalue weighted by atomic mass is 35.5. The van der Waals surface area contributed by atoms with Gasteiger partial charge in [0.05, 0.1) is 5.69 Å². The number of rotatable bonds is 5. The van der Waals surface area contributed by atoms with Crippen LogP contribution in [0.1, 0.15) is 31.9 Å². The summed E-state index contributed by atoms with van der Waals surface area (Å²) in [7, 11) is 0. The van der Waals surface area contributed by atoms with Crippen LogP contribution in [-0.4, -0.2) is 5.91 Å². The third-order valence-electron chi connectivity index (χ3n) is 4.37. The monoisotopic (exact) mass is 405 g/mol. The molecule has 3 aromatic rings. The molecule has 0 fully saturated rings. The first kappa shape index (κ1) is 20.7. The average molecular weight is 406 g/mol. The van der Waals surface area contributed by atoms with Gasteiger partial charge in [-0.25, -0.2) is 0 Å². The van der Waals surface area contributed by atoms with Crippen LogP contribution in [0.5, 0.6) is 11.5 Å². The van der Waals surface area contributed by atoms with Crippen LogP contribution < -0.4 is 10.1 Å². The Morgan fingerprint density at radius 1 is 0.966 bits per heavy atom. The SMILES string of the molecule is CC(C)(C)c1ccc(/C=C/C(=O)Nc2cc(Cl)ccc2Oc2ccccc2)cc1. The summed E-state index contributed by atoms with van der Waals surface area (Å²) in [5.41, 5.74) is 2.82. The first-order valence-electron chi connectivity index (χ1n) is 9.43. The third kappa shape index (κ3) is 5.97. The number of benzene rings is 3. The van der Waals surface area contributed by atoms with Gasteiger partial charge in [0.2, 0.25) is 5.91 Å². The molecule has 0 aliphatic rings. The fraction of sp³-hybridized carbons (Fsp3) is 0.160. The van der Waals surface area contributed by atoms with E-state index in [1.165, 1.54) is 11.6 Å². The van der Waals surface area contributed by atoms with Gasteiger partial charge >= 0.3 is 0 Å². The lowest BCUT2D eigenvalue weighted by Gasteiger charge is -2.18. The molecular weight excluding hydrogens is 382 g/mol. The summed E-state index contributed by atoms with van der Waals surface area (Å²) >= 11 is 6.10. The number of hydrogen-bond acceptors (Lipinski definition) is 2. The highest BCUT2D eigenvalue weighted by Crippen LogP contribution is 2.32. The largest absolute Gasteiger partial charge is 0.455 e. The van der Waals surface area contributed by atoms with Crippen molar-refractivity contribution in [1.82, 2.24) is 0 Å². The van der Waals surface area contributed by atoms with E-state index in [9.17, 15) is 4.79 Å². The normalized spacial score (nSPS) is 11.4. The van der Waals surface area contributed by atoms with Crippen molar-refractivity contribution in [3.63, 3.8) is 0 Å². The number of hydrogen-bond donors (Lipinski definition) is 1. The van der Waals surface area contributed by atoms with Crippen molar-refractivity contribution in [2.75, 3.05) is 5.32 Å². The molecule has 0 aromatic heterocycles. The summed E-state index contributed by atoms with van der Waals surface area (Å²) in [4.78, 5) is 12.4. The Hall–Kier alpha value is -3.04. The molecular formula is C25H24ClNO2. The zero-order valence-corrected chi connectivity index (χ0v) is 17.5. The minimum atomic E-state index is -0.259. The first-order valence-corrected chi connectivity index (χ1v) is 9.81. The van der Waals surface area contributed by atoms with E-state index in [-0.39, 0.29) is 11.3 Å². The summed E-state index contributed by atoms with van der Waals surface area (Å²) in [6.07, 6.45) is 3.28. The van der Waals surface area contributed by atoms with E-state index < -0.39 is 0 Å². The van der Waals surface area contributed by atoms with Crippen LogP contribution in [-0.2, 0) is 10.2 Å². The number of halogens is 1. The number of anilines is 1. The van der Waals surface area contributed by atoms with Crippen molar-refractivity contribution < 1.29 is 9.53 Å². The van der Waals surface area contributed by atoms with Crippen LogP contribution in [0, 0.1) is 0 Å². The summed E-state index contributed by atoms with van der Waals surface area (Å²) in [6.45, 7) is 6.52. The first-order chi connectivity index (χ1) is 13.8. The molecule has 0 saturated heterocycles. The number of ether oxygens (including phenoxy) is 1. The lowest BCUT2D eigenvalue weighted by atomic mass is 9.87. The van der Waals surface area contributed by atoms with E-state index >= 15 is 0 Å². The van der Waals surface area contributed by atoms with Crippen LogP contribution in [0.15, 0.2) is 78.9 Å². The molecule has 4 heteroatoms. The van der Waals surface area contributed by atoms with Crippen LogP contribution >= 0.6 is 11.6 Å². The van der Waals surface area contributed by atoms with Gasteiger partial charge < -0.3 is 10.1 Å². The average Bonchev–Trinajstić information content (AvgIpc) is 2.69. The Morgan fingerprint density at radius 3 is 2.31 bits per heavy atom. The van der Waals surface area contributed by atoms with Crippen LogP contribution in [0.4, 0.5) is 5.69 Å². The Balaban J connectivity index is 1.71. The molecule has 0 atom stereocenters. The van der Waals surface area contributed by atoms with Gasteiger partial charge in [0.1, 0.15) is 5.75 Å². The van der Waals surface area contributed by atoms with Gasteiger partial charge in [-0.2, -0.15) is 0 Å². The zero-order valence-electron chi connectivity index (χ0n) is 16.8. The number of amides is 1. The van der Waals surface area contributed by atoms with Gasteiger partial charge in [-0.1, -0.05) is 74.8 Å². The molecule has 3 rings (SSSR count). The predicted molar refractivity (Wildman–Crippen MR) is 121 cm³/mol. The van der Waals surface area contributed by atoms with Crippen LogP contribution in [0.3, 0.4) is 0 Å². The number of carbonyl (C=O) groups excluding carboxylic acids is 1. The van der Waals surface area contributed by atoms with E-state index in [1.807, 2.05) is 42.5 Å². The minimum absolute atomic E-state index is 0.0986. The maximum absolute atomic E-state index is 12.4. The molecule has 0 aliphatic carbocycles. The van der Waals surface area contributed by atoms with E-state index in [4.69, 9.17) is 16.3 Å². The molecule has 0 heterocycles. The minimum Gasteiger partial charge on any atom is -0.455 e. The van der Waals surface area contributed by atoms with Gasteiger partial charge in [0.15, 0.2) is 5.75 Å². The van der Waals surface area contributed by atoms with E-state index in [1.54, 1.807) is 24.3 Å². The second kappa shape index (κ2) is 8.97. The van der Waals surface area contributed by atoms with Crippen molar-refractivity contribution in [1.29, 1.82) is 0 Å². The third-order valence-corrected chi connectivity index (χ3v) is 4.61. The molecule has 1 amide bonds. The second-order valence-corrected chi connectivity index (χ2v) is 8.19. The maximum atomic E-state index is 12.4. The van der Waals surface area contributed by atoms with E-state index in [0.29, 0.717) is 22.2 Å². The fourth-order valence-corrected chi connectivity index (χ4v) is 2.92. The number of carbonyl (C=O) groups is 1. The highest BCUT2D eigenvalue weighted by Gasteiger charge is 2.12. The van der Waals surface area contributed by atoms with Crippen molar-refractivity contribution in [3.05, 3.63) is 95.0 Å². The Kier molecular flexibility index (Phi) is 6.40. The molecule has 0 radical (unpaired) electrons. The fourth-order valence-electron chi connectivity index (χ4n) is 2.74. The van der Waals surface area contributed by atoms with E-state index in [0.717, 1.165) is 5.56 Å². The molecule has 0 spiro atoms. The molecule has 148 valence electrons. The van der Waals surface area contributed by atoms with Crippen molar-refractivity contribution in [3.8, 4) is 11.5 Å². The topological polar surface area (TPSA) is 38.3 Å². The highest BCUT2D eigenvalue weighted by molar-refractivity contribution is 6.31. The molecule has 1 N–H and O–H groups in total. The molecule has 3 aromatic carbocycles. The Bertz CT molecular complexity index is 1000. The van der Waals surface area contributed by atoms with E-state index in [2.05, 4.69) is 38.2 Å². The molecule has 0 saturated carbocycles. The van der Waals surface area contributed by atoms with Gasteiger partial charge in [0, 0.05) is 11.1 Å². The molecule has 3 nitrogen and oxygen atoms in total. The zero-order chi connectivity index (χ0) is 20.9. The van der Waals surface area contributed by atoms with Crippen molar-refractivity contribution in [2.45, 2.75) is 26.2 Å². The Morgan fingerprint density at radius 2 is 1.66 bits per heavy atom. The molecule has 0 unspecified atom stereocenters. The van der Waals surface area contributed by atoms with Gasteiger partial charge in [-0.15, -0.1) is 0 Å². The summed E-state index contributed by atoms with van der Waals surface area (Å²) in [6, 6.07) is 22.7. The predicted octanol–water partition coefficient (Wildman–Crippen LogP) is 7.08. The quantitative estimate of drug-likeness (QED) is 0.460. The number of para-hydroxylation sites is 1. The smallest absolute Gasteiger partial charge is 0.248 e. The van der Waals surface area contributed by atoms with Crippen LogP contribution in [0.2, 0.25) is 5.02 Å². The summed E-state index contributed by atoms with van der Waals surface area (Å²) in [5.74, 6) is 0.946. The van der Waals surface area contributed by atoms with Crippen molar-refractivity contribution >= 4 is 29.3 Å². The standard InChI is InChI=1S/C25H24ClNO2/c1-25(2,3)19-12-9-18(10-13-19)11-16-24(28)27-22-17-20(26)14-15-23(22)29-21-7-5-4-6-8-21/h4-17H,1-3H3,(H,27,28)/b16-11+. The van der Waals surface area contributed by atoms with Crippen LogP contribution in [0.25, 0.3) is 6.08 Å². The van der Waals surface area contributed by atoms with Gasteiger partial charge in [0.25, 0.3) is 0 Å². The second-order valence-electron chi connectivity index (χ2n) is 7.75.